The van der Waals surface area contributed by atoms with Crippen molar-refractivity contribution in [3.63, 3.8) is 0 Å². The number of unbranched alkanes of at least 4 members (excludes halogenated alkanes) is 4. The summed E-state index contributed by atoms with van der Waals surface area (Å²) >= 11 is 0. The standard InChI is InChI=1S/C16H30O/c1-4-6-7-8-9-10-11-12-15(3)13-14-16(17)5-2/h10-11,13,16-17H,4-9,12,14H2,1-3H3/b11-10+,15-13+. The second kappa shape index (κ2) is 11.9. The number of allylic oxidation sites excluding steroid dienone is 3. The normalized spacial score (nSPS) is 14.5. The molecule has 0 heterocycles. The van der Waals surface area contributed by atoms with Crippen LogP contribution in [0.3, 0.4) is 0 Å². The highest BCUT2D eigenvalue weighted by Gasteiger charge is 1.96. The van der Waals surface area contributed by atoms with Gasteiger partial charge in [0.25, 0.3) is 0 Å². The van der Waals surface area contributed by atoms with Crippen molar-refractivity contribution in [1.82, 2.24) is 0 Å². The molecule has 0 bridgehead atoms. The van der Waals surface area contributed by atoms with Crippen LogP contribution in [0.15, 0.2) is 23.8 Å². The molecule has 0 saturated heterocycles. The van der Waals surface area contributed by atoms with E-state index in [0.29, 0.717) is 0 Å². The molecular weight excluding hydrogens is 208 g/mol. The predicted octanol–water partition coefficient (Wildman–Crippen LogP) is 5.01. The molecule has 0 aromatic heterocycles. The van der Waals surface area contributed by atoms with Gasteiger partial charge in [0.15, 0.2) is 0 Å². The van der Waals surface area contributed by atoms with Crippen molar-refractivity contribution < 1.29 is 5.11 Å². The maximum Gasteiger partial charge on any atom is 0.0572 e. The first kappa shape index (κ1) is 16.4. The fourth-order valence-corrected chi connectivity index (χ4v) is 1.66. The van der Waals surface area contributed by atoms with E-state index in [9.17, 15) is 5.11 Å². The second-order valence-corrected chi connectivity index (χ2v) is 4.87. The van der Waals surface area contributed by atoms with E-state index in [1.54, 1.807) is 0 Å². The van der Waals surface area contributed by atoms with Gasteiger partial charge in [-0.3, -0.25) is 0 Å². The Balaban J connectivity index is 3.54. The molecular formula is C16H30O. The SMILES string of the molecule is CCCCCC/C=C/C/C(C)=C/CC(O)CC. The summed E-state index contributed by atoms with van der Waals surface area (Å²) in [5, 5.41) is 9.44. The second-order valence-electron chi connectivity index (χ2n) is 4.87. The van der Waals surface area contributed by atoms with Crippen LogP contribution < -0.4 is 0 Å². The van der Waals surface area contributed by atoms with Crippen LogP contribution in [0, 0.1) is 0 Å². The molecule has 1 nitrogen and oxygen atoms in total. The van der Waals surface area contributed by atoms with Gasteiger partial charge in [-0.25, -0.2) is 0 Å². The summed E-state index contributed by atoms with van der Waals surface area (Å²) in [5.41, 5.74) is 1.36. The third-order valence-electron chi connectivity index (χ3n) is 3.04. The number of rotatable bonds is 10. The monoisotopic (exact) mass is 238 g/mol. The molecule has 0 radical (unpaired) electrons. The highest BCUT2D eigenvalue weighted by molar-refractivity contribution is 5.04. The molecule has 0 aromatic rings. The van der Waals surface area contributed by atoms with Crippen molar-refractivity contribution in [2.45, 2.75) is 78.2 Å². The lowest BCUT2D eigenvalue weighted by Gasteiger charge is -2.03. The molecule has 1 atom stereocenters. The summed E-state index contributed by atoms with van der Waals surface area (Å²) in [4.78, 5) is 0. The lowest BCUT2D eigenvalue weighted by atomic mass is 10.1. The van der Waals surface area contributed by atoms with Crippen molar-refractivity contribution in [3.05, 3.63) is 23.8 Å². The van der Waals surface area contributed by atoms with Crippen molar-refractivity contribution in [1.29, 1.82) is 0 Å². The molecule has 0 fully saturated rings. The van der Waals surface area contributed by atoms with Crippen molar-refractivity contribution in [3.8, 4) is 0 Å². The lowest BCUT2D eigenvalue weighted by molar-refractivity contribution is 0.173. The molecule has 1 unspecified atom stereocenters. The molecule has 100 valence electrons. The van der Waals surface area contributed by atoms with E-state index in [0.717, 1.165) is 19.3 Å². The minimum atomic E-state index is -0.164. The third-order valence-corrected chi connectivity index (χ3v) is 3.04. The minimum Gasteiger partial charge on any atom is -0.393 e. The number of hydrogen-bond donors (Lipinski definition) is 1. The molecule has 1 N–H and O–H groups in total. The van der Waals surface area contributed by atoms with Crippen LogP contribution in [0.2, 0.25) is 0 Å². The van der Waals surface area contributed by atoms with Gasteiger partial charge in [0, 0.05) is 0 Å². The fraction of sp³-hybridized carbons (Fsp3) is 0.750. The van der Waals surface area contributed by atoms with Gasteiger partial charge >= 0.3 is 0 Å². The Morgan fingerprint density at radius 1 is 1.12 bits per heavy atom. The van der Waals surface area contributed by atoms with Gasteiger partial charge in [-0.15, -0.1) is 0 Å². The first-order valence-corrected chi connectivity index (χ1v) is 7.19. The number of aliphatic hydroxyl groups excluding tert-OH is 1. The largest absolute Gasteiger partial charge is 0.393 e. The van der Waals surface area contributed by atoms with Gasteiger partial charge in [0.2, 0.25) is 0 Å². The molecule has 0 amide bonds. The average Bonchev–Trinajstić information content (AvgIpc) is 2.34. The summed E-state index contributed by atoms with van der Waals surface area (Å²) < 4.78 is 0. The fourth-order valence-electron chi connectivity index (χ4n) is 1.66. The van der Waals surface area contributed by atoms with E-state index >= 15 is 0 Å². The zero-order valence-electron chi connectivity index (χ0n) is 11.9. The van der Waals surface area contributed by atoms with Crippen LogP contribution in [0.5, 0.6) is 0 Å². The molecule has 0 rings (SSSR count). The van der Waals surface area contributed by atoms with Crippen LogP contribution in [-0.4, -0.2) is 11.2 Å². The summed E-state index contributed by atoms with van der Waals surface area (Å²) in [7, 11) is 0. The topological polar surface area (TPSA) is 20.2 Å². The van der Waals surface area contributed by atoms with Gasteiger partial charge in [-0.1, -0.05) is 56.9 Å². The number of aliphatic hydroxyl groups is 1. The van der Waals surface area contributed by atoms with Crippen molar-refractivity contribution >= 4 is 0 Å². The van der Waals surface area contributed by atoms with Crippen molar-refractivity contribution in [2.75, 3.05) is 0 Å². The maximum absolute atomic E-state index is 9.44. The van der Waals surface area contributed by atoms with E-state index < -0.39 is 0 Å². The molecule has 0 aliphatic heterocycles. The predicted molar refractivity (Wildman–Crippen MR) is 77.2 cm³/mol. The smallest absolute Gasteiger partial charge is 0.0572 e. The van der Waals surface area contributed by atoms with Gasteiger partial charge < -0.3 is 5.11 Å². The van der Waals surface area contributed by atoms with Gasteiger partial charge in [-0.05, 0) is 39.0 Å². The van der Waals surface area contributed by atoms with Gasteiger partial charge in [0.1, 0.15) is 0 Å². The quantitative estimate of drug-likeness (QED) is 0.419. The molecule has 0 aliphatic carbocycles. The van der Waals surface area contributed by atoms with E-state index in [2.05, 4.69) is 32.1 Å². The van der Waals surface area contributed by atoms with Crippen LogP contribution in [0.1, 0.15) is 72.1 Å². The highest BCUT2D eigenvalue weighted by atomic mass is 16.3. The van der Waals surface area contributed by atoms with Crippen molar-refractivity contribution in [2.24, 2.45) is 0 Å². The van der Waals surface area contributed by atoms with Crippen LogP contribution in [-0.2, 0) is 0 Å². The first-order chi connectivity index (χ1) is 8.20. The van der Waals surface area contributed by atoms with Gasteiger partial charge in [0.05, 0.1) is 6.10 Å². The zero-order valence-corrected chi connectivity index (χ0v) is 11.9. The van der Waals surface area contributed by atoms with E-state index in [1.807, 2.05) is 6.92 Å². The maximum atomic E-state index is 9.44. The van der Waals surface area contributed by atoms with Crippen LogP contribution >= 0.6 is 0 Å². The third kappa shape index (κ3) is 11.7. The molecule has 0 spiro atoms. The Hall–Kier alpha value is -0.560. The van der Waals surface area contributed by atoms with Gasteiger partial charge in [-0.2, -0.15) is 0 Å². The Morgan fingerprint density at radius 2 is 1.88 bits per heavy atom. The molecule has 0 aliphatic rings. The van der Waals surface area contributed by atoms with Crippen LogP contribution in [0.4, 0.5) is 0 Å². The zero-order chi connectivity index (χ0) is 12.9. The highest BCUT2D eigenvalue weighted by Crippen LogP contribution is 2.08. The summed E-state index contributed by atoms with van der Waals surface area (Å²) in [5.74, 6) is 0. The Kier molecular flexibility index (Phi) is 11.5. The summed E-state index contributed by atoms with van der Waals surface area (Å²) in [6, 6.07) is 0. The van der Waals surface area contributed by atoms with E-state index in [-0.39, 0.29) is 6.10 Å². The molecule has 0 aromatic carbocycles. The lowest BCUT2D eigenvalue weighted by Crippen LogP contribution is -2.01. The Bertz CT molecular complexity index is 216. The first-order valence-electron chi connectivity index (χ1n) is 7.19. The molecule has 1 heteroatoms. The summed E-state index contributed by atoms with van der Waals surface area (Å²) in [6.45, 7) is 6.41. The summed E-state index contributed by atoms with van der Waals surface area (Å²) in [6.07, 6.45) is 15.8. The average molecular weight is 238 g/mol. The Labute approximate surface area is 108 Å². The Morgan fingerprint density at radius 3 is 2.53 bits per heavy atom. The van der Waals surface area contributed by atoms with E-state index in [4.69, 9.17) is 0 Å². The number of hydrogen-bond acceptors (Lipinski definition) is 1. The van der Waals surface area contributed by atoms with E-state index in [1.165, 1.54) is 37.7 Å². The van der Waals surface area contributed by atoms with Crippen LogP contribution in [0.25, 0.3) is 0 Å². The molecule has 0 saturated carbocycles. The minimum absolute atomic E-state index is 0.164. The molecule has 17 heavy (non-hydrogen) atoms.